The van der Waals surface area contributed by atoms with Gasteiger partial charge in [0.15, 0.2) is 6.61 Å². The molecule has 0 spiro atoms. The van der Waals surface area contributed by atoms with Crippen LogP contribution < -0.4 is 10.9 Å². The lowest BCUT2D eigenvalue weighted by molar-refractivity contribution is -0.148. The van der Waals surface area contributed by atoms with Crippen LogP contribution in [-0.4, -0.2) is 24.4 Å². The first kappa shape index (κ1) is 18.6. The van der Waals surface area contributed by atoms with Gasteiger partial charge in [0, 0.05) is 4.47 Å². The van der Waals surface area contributed by atoms with Crippen molar-refractivity contribution in [3.05, 3.63) is 69.9 Å². The molecular formula is C17H14BrFN2O4. The fourth-order valence-corrected chi connectivity index (χ4v) is 2.33. The van der Waals surface area contributed by atoms with Crippen LogP contribution >= 0.6 is 15.9 Å². The van der Waals surface area contributed by atoms with Crippen molar-refractivity contribution in [2.45, 2.75) is 6.42 Å². The zero-order chi connectivity index (χ0) is 18.2. The van der Waals surface area contributed by atoms with E-state index in [1.54, 1.807) is 30.3 Å². The van der Waals surface area contributed by atoms with Crippen LogP contribution in [0.15, 0.2) is 53.0 Å². The monoisotopic (exact) mass is 408 g/mol. The highest BCUT2D eigenvalue weighted by molar-refractivity contribution is 9.10. The molecule has 0 aromatic heterocycles. The maximum Gasteiger partial charge on any atom is 0.310 e. The maximum atomic E-state index is 13.4. The third kappa shape index (κ3) is 5.68. The van der Waals surface area contributed by atoms with Crippen LogP contribution in [0.2, 0.25) is 0 Å². The molecule has 0 aliphatic heterocycles. The maximum absolute atomic E-state index is 13.4. The van der Waals surface area contributed by atoms with Crippen molar-refractivity contribution in [1.82, 2.24) is 10.9 Å². The Bertz CT molecular complexity index is 798. The molecule has 0 unspecified atom stereocenters. The third-order valence-electron chi connectivity index (χ3n) is 3.09. The normalized spacial score (nSPS) is 10.0. The van der Waals surface area contributed by atoms with Crippen molar-refractivity contribution in [3.8, 4) is 0 Å². The van der Waals surface area contributed by atoms with Gasteiger partial charge in [-0.1, -0.05) is 30.3 Å². The number of carbonyl (C=O) groups is 3. The second-order valence-corrected chi connectivity index (χ2v) is 5.77. The van der Waals surface area contributed by atoms with Gasteiger partial charge in [-0.25, -0.2) is 4.39 Å². The quantitative estimate of drug-likeness (QED) is 0.586. The number of hydrogen-bond acceptors (Lipinski definition) is 4. The minimum atomic E-state index is -0.752. The summed E-state index contributed by atoms with van der Waals surface area (Å²) in [5.41, 5.74) is 4.84. The first-order chi connectivity index (χ1) is 12.0. The molecule has 2 aromatic rings. The van der Waals surface area contributed by atoms with E-state index in [4.69, 9.17) is 4.74 Å². The van der Waals surface area contributed by atoms with Gasteiger partial charge in [-0.15, -0.1) is 0 Å². The summed E-state index contributed by atoms with van der Waals surface area (Å²) in [5, 5.41) is 0. The van der Waals surface area contributed by atoms with Gasteiger partial charge in [-0.2, -0.15) is 0 Å². The standard InChI is InChI=1S/C17H14BrFN2O4/c18-13-7-3-2-6-12(13)17(24)21-20-15(22)10-25-16(23)9-11-5-1-4-8-14(11)19/h1-8H,9-10H2,(H,20,22)(H,21,24). The van der Waals surface area contributed by atoms with Crippen molar-refractivity contribution < 1.29 is 23.5 Å². The summed E-state index contributed by atoms with van der Waals surface area (Å²) in [6, 6.07) is 12.4. The average molecular weight is 409 g/mol. The lowest BCUT2D eigenvalue weighted by Crippen LogP contribution is -2.43. The van der Waals surface area contributed by atoms with Gasteiger partial charge in [0.2, 0.25) is 0 Å². The molecule has 8 heteroatoms. The molecule has 0 heterocycles. The lowest BCUT2D eigenvalue weighted by Gasteiger charge is -2.09. The van der Waals surface area contributed by atoms with E-state index in [1.165, 1.54) is 18.2 Å². The molecule has 0 aliphatic carbocycles. The summed E-state index contributed by atoms with van der Waals surface area (Å²) in [6.07, 6.45) is -0.288. The van der Waals surface area contributed by atoms with E-state index in [0.29, 0.717) is 10.0 Å². The molecule has 0 radical (unpaired) electrons. The van der Waals surface area contributed by atoms with E-state index in [1.807, 2.05) is 0 Å². The van der Waals surface area contributed by atoms with E-state index in [0.717, 1.165) is 0 Å². The number of esters is 1. The van der Waals surface area contributed by atoms with Gasteiger partial charge in [-0.3, -0.25) is 25.2 Å². The third-order valence-corrected chi connectivity index (χ3v) is 3.78. The number of benzene rings is 2. The molecule has 0 bridgehead atoms. The number of rotatable bonds is 5. The second kappa shape index (κ2) is 8.93. The van der Waals surface area contributed by atoms with Gasteiger partial charge >= 0.3 is 5.97 Å². The van der Waals surface area contributed by atoms with Crippen LogP contribution in [0.25, 0.3) is 0 Å². The van der Waals surface area contributed by atoms with Crippen molar-refractivity contribution >= 4 is 33.7 Å². The number of nitrogens with one attached hydrogen (secondary N) is 2. The molecule has 25 heavy (non-hydrogen) atoms. The van der Waals surface area contributed by atoms with Crippen LogP contribution in [0, 0.1) is 5.82 Å². The second-order valence-electron chi connectivity index (χ2n) is 4.91. The first-order valence-electron chi connectivity index (χ1n) is 7.20. The van der Waals surface area contributed by atoms with Crippen molar-refractivity contribution in [2.24, 2.45) is 0 Å². The molecule has 2 aromatic carbocycles. The number of hydrazine groups is 1. The minimum absolute atomic E-state index is 0.176. The molecule has 130 valence electrons. The zero-order valence-electron chi connectivity index (χ0n) is 12.9. The average Bonchev–Trinajstić information content (AvgIpc) is 2.60. The molecule has 6 nitrogen and oxygen atoms in total. The predicted octanol–water partition coefficient (Wildman–Crippen LogP) is 2.14. The first-order valence-corrected chi connectivity index (χ1v) is 7.99. The fraction of sp³-hybridized carbons (Fsp3) is 0.118. The van der Waals surface area contributed by atoms with E-state index < -0.39 is 30.2 Å². The van der Waals surface area contributed by atoms with Gasteiger partial charge in [0.1, 0.15) is 5.82 Å². The lowest BCUT2D eigenvalue weighted by atomic mass is 10.1. The van der Waals surface area contributed by atoms with E-state index in [2.05, 4.69) is 26.8 Å². The SMILES string of the molecule is O=C(COC(=O)Cc1ccccc1F)NNC(=O)c1ccccc1Br. The van der Waals surface area contributed by atoms with Crippen LogP contribution in [0.1, 0.15) is 15.9 Å². The number of amides is 2. The zero-order valence-corrected chi connectivity index (χ0v) is 14.5. The Morgan fingerprint density at radius 1 is 1.00 bits per heavy atom. The highest BCUT2D eigenvalue weighted by Gasteiger charge is 2.13. The molecule has 2 rings (SSSR count). The molecule has 2 N–H and O–H groups in total. The molecule has 0 fully saturated rings. The Hall–Kier alpha value is -2.74. The van der Waals surface area contributed by atoms with Crippen LogP contribution in [-0.2, 0) is 20.7 Å². The van der Waals surface area contributed by atoms with Crippen molar-refractivity contribution in [3.63, 3.8) is 0 Å². The summed E-state index contributed by atoms with van der Waals surface area (Å²) in [6.45, 7) is -0.594. The number of carbonyl (C=O) groups excluding carboxylic acids is 3. The number of halogens is 2. The molecule has 0 aliphatic rings. The Balaban J connectivity index is 1.75. The van der Waals surface area contributed by atoms with E-state index in [-0.39, 0.29) is 12.0 Å². The summed E-state index contributed by atoms with van der Waals surface area (Å²) in [4.78, 5) is 35.1. The van der Waals surface area contributed by atoms with Crippen molar-refractivity contribution in [1.29, 1.82) is 0 Å². The summed E-state index contributed by atoms with van der Waals surface area (Å²) >= 11 is 3.22. The van der Waals surface area contributed by atoms with Gasteiger partial charge in [0.05, 0.1) is 12.0 Å². The van der Waals surface area contributed by atoms with E-state index in [9.17, 15) is 18.8 Å². The van der Waals surface area contributed by atoms with Gasteiger partial charge in [-0.05, 0) is 39.7 Å². The van der Waals surface area contributed by atoms with Crippen LogP contribution in [0.5, 0.6) is 0 Å². The predicted molar refractivity (Wildman–Crippen MR) is 90.8 cm³/mol. The summed E-state index contributed by atoms with van der Waals surface area (Å²) in [5.74, 6) is -2.53. The minimum Gasteiger partial charge on any atom is -0.455 e. The summed E-state index contributed by atoms with van der Waals surface area (Å²) < 4.78 is 18.7. The Labute approximate surface area is 151 Å². The number of hydrogen-bond donors (Lipinski definition) is 2. The molecule has 0 saturated carbocycles. The number of ether oxygens (including phenoxy) is 1. The Morgan fingerprint density at radius 3 is 2.40 bits per heavy atom. The topological polar surface area (TPSA) is 84.5 Å². The summed E-state index contributed by atoms with van der Waals surface area (Å²) in [7, 11) is 0. The fourth-order valence-electron chi connectivity index (χ4n) is 1.87. The highest BCUT2D eigenvalue weighted by atomic mass is 79.9. The Kier molecular flexibility index (Phi) is 6.64. The highest BCUT2D eigenvalue weighted by Crippen LogP contribution is 2.15. The smallest absolute Gasteiger partial charge is 0.310 e. The molecule has 2 amide bonds. The van der Waals surface area contributed by atoms with Gasteiger partial charge in [0.25, 0.3) is 11.8 Å². The molecular weight excluding hydrogens is 395 g/mol. The largest absolute Gasteiger partial charge is 0.455 e. The van der Waals surface area contributed by atoms with Crippen LogP contribution in [0.4, 0.5) is 4.39 Å². The molecule has 0 saturated heterocycles. The Morgan fingerprint density at radius 2 is 1.68 bits per heavy atom. The van der Waals surface area contributed by atoms with Crippen molar-refractivity contribution in [2.75, 3.05) is 6.61 Å². The van der Waals surface area contributed by atoms with Gasteiger partial charge < -0.3 is 4.74 Å². The molecule has 0 atom stereocenters. The van der Waals surface area contributed by atoms with Crippen LogP contribution in [0.3, 0.4) is 0 Å². The van der Waals surface area contributed by atoms with E-state index >= 15 is 0 Å².